The topological polar surface area (TPSA) is 69.7 Å². The molecule has 0 aromatic heterocycles. The highest BCUT2D eigenvalue weighted by atomic mass is 16.5. The van der Waals surface area contributed by atoms with Gasteiger partial charge in [-0.1, -0.05) is 36.5 Å². The Bertz CT molecular complexity index is 807. The Morgan fingerprint density at radius 3 is 2.33 bits per heavy atom. The highest BCUT2D eigenvalue weighted by molar-refractivity contribution is 6.09. The maximum absolute atomic E-state index is 13.1. The van der Waals surface area contributed by atoms with E-state index in [1.165, 1.54) is 0 Å². The zero-order chi connectivity index (χ0) is 19.4. The van der Waals surface area contributed by atoms with Crippen LogP contribution in [0.2, 0.25) is 0 Å². The number of allylic oxidation sites excluding steroid dienone is 10. The number of Topliss-reactive ketones (excluding diaryl/α,β-unsaturated/α-hetero) is 1. The molecule has 0 aromatic rings. The zero-order valence-electron chi connectivity index (χ0n) is 15.7. The molecular formula is C22H24O5. The Kier molecular flexibility index (Phi) is 5.89. The number of ether oxygens (including phenoxy) is 2. The summed E-state index contributed by atoms with van der Waals surface area (Å²) < 4.78 is 10.2. The van der Waals surface area contributed by atoms with E-state index in [-0.39, 0.29) is 26.1 Å². The molecule has 0 N–H and O–H groups in total. The van der Waals surface area contributed by atoms with Gasteiger partial charge in [-0.25, -0.2) is 0 Å². The summed E-state index contributed by atoms with van der Waals surface area (Å²) >= 11 is 0. The van der Waals surface area contributed by atoms with Crippen molar-refractivity contribution in [3.05, 3.63) is 58.7 Å². The van der Waals surface area contributed by atoms with Gasteiger partial charge in [-0.05, 0) is 55.4 Å². The Hall–Kier alpha value is -2.69. The molecule has 3 aliphatic carbocycles. The van der Waals surface area contributed by atoms with Crippen molar-refractivity contribution < 1.29 is 23.9 Å². The summed E-state index contributed by atoms with van der Waals surface area (Å²) in [7, 11) is 0. The average Bonchev–Trinajstić information content (AvgIpc) is 2.77. The summed E-state index contributed by atoms with van der Waals surface area (Å²) in [5, 5.41) is 0. The highest BCUT2D eigenvalue weighted by Crippen LogP contribution is 2.41. The van der Waals surface area contributed by atoms with Crippen LogP contribution in [0.25, 0.3) is 0 Å². The summed E-state index contributed by atoms with van der Waals surface area (Å²) in [6.45, 7) is 3.79. The molecule has 0 spiro atoms. The molecule has 3 aliphatic rings. The van der Waals surface area contributed by atoms with E-state index in [0.717, 1.165) is 28.7 Å². The van der Waals surface area contributed by atoms with E-state index >= 15 is 0 Å². The van der Waals surface area contributed by atoms with Crippen molar-refractivity contribution in [1.29, 1.82) is 0 Å². The van der Waals surface area contributed by atoms with Gasteiger partial charge in [0.2, 0.25) is 0 Å². The molecule has 27 heavy (non-hydrogen) atoms. The van der Waals surface area contributed by atoms with Crippen LogP contribution in [0.15, 0.2) is 58.7 Å². The first kappa shape index (κ1) is 19.1. The molecule has 0 heterocycles. The summed E-state index contributed by atoms with van der Waals surface area (Å²) in [6, 6.07) is 0. The van der Waals surface area contributed by atoms with E-state index in [4.69, 9.17) is 9.47 Å². The lowest BCUT2D eigenvalue weighted by Gasteiger charge is -2.22. The third kappa shape index (κ3) is 4.02. The molecular weight excluding hydrogens is 344 g/mol. The number of hydrogen-bond acceptors (Lipinski definition) is 5. The quantitative estimate of drug-likeness (QED) is 0.562. The fourth-order valence-electron chi connectivity index (χ4n) is 3.77. The molecule has 0 saturated heterocycles. The normalized spacial score (nSPS) is 24.1. The van der Waals surface area contributed by atoms with Crippen LogP contribution in [0.3, 0.4) is 0 Å². The van der Waals surface area contributed by atoms with Crippen LogP contribution in [-0.4, -0.2) is 30.9 Å². The molecule has 0 aromatic carbocycles. The van der Waals surface area contributed by atoms with Gasteiger partial charge in [-0.15, -0.1) is 0 Å². The van der Waals surface area contributed by atoms with Crippen LogP contribution in [0.5, 0.6) is 0 Å². The Balaban J connectivity index is 2.07. The Labute approximate surface area is 159 Å². The van der Waals surface area contributed by atoms with Gasteiger partial charge in [0.05, 0.1) is 13.2 Å². The molecule has 2 atom stereocenters. The molecule has 142 valence electrons. The van der Waals surface area contributed by atoms with E-state index in [0.29, 0.717) is 0 Å². The third-order valence-corrected chi connectivity index (χ3v) is 5.02. The molecule has 1 saturated carbocycles. The third-order valence-electron chi connectivity index (χ3n) is 5.02. The summed E-state index contributed by atoms with van der Waals surface area (Å²) in [4.78, 5) is 38.0. The molecule has 5 nitrogen and oxygen atoms in total. The first-order valence-corrected chi connectivity index (χ1v) is 9.39. The second-order valence-electron chi connectivity index (χ2n) is 6.76. The predicted octanol–water partition coefficient (Wildman–Crippen LogP) is 3.39. The number of carbonyl (C=O) groups excluding carboxylic acids is 3. The highest BCUT2D eigenvalue weighted by Gasteiger charge is 2.43. The van der Waals surface area contributed by atoms with Crippen LogP contribution in [0.1, 0.15) is 33.1 Å². The summed E-state index contributed by atoms with van der Waals surface area (Å²) in [5.41, 5.74) is 4.10. The van der Waals surface area contributed by atoms with E-state index in [1.807, 2.05) is 36.5 Å². The van der Waals surface area contributed by atoms with Crippen molar-refractivity contribution in [3.8, 4) is 0 Å². The van der Waals surface area contributed by atoms with Crippen LogP contribution in [-0.2, 0) is 23.9 Å². The molecule has 2 unspecified atom stereocenters. The first-order valence-electron chi connectivity index (χ1n) is 9.39. The van der Waals surface area contributed by atoms with Crippen molar-refractivity contribution in [3.63, 3.8) is 0 Å². The summed E-state index contributed by atoms with van der Waals surface area (Å²) in [6.07, 6.45) is 13.2. The second-order valence-corrected chi connectivity index (χ2v) is 6.76. The monoisotopic (exact) mass is 368 g/mol. The molecule has 2 bridgehead atoms. The van der Waals surface area contributed by atoms with Crippen LogP contribution in [0, 0.1) is 11.8 Å². The van der Waals surface area contributed by atoms with Crippen molar-refractivity contribution in [2.24, 2.45) is 11.8 Å². The van der Waals surface area contributed by atoms with Crippen LogP contribution in [0.4, 0.5) is 0 Å². The average molecular weight is 368 g/mol. The van der Waals surface area contributed by atoms with Gasteiger partial charge in [0, 0.05) is 0 Å². The van der Waals surface area contributed by atoms with Crippen LogP contribution < -0.4 is 0 Å². The van der Waals surface area contributed by atoms with E-state index < -0.39 is 29.6 Å². The first-order chi connectivity index (χ1) is 13.0. The second kappa shape index (κ2) is 8.33. The fraction of sp³-hybridized carbons (Fsp3) is 0.409. The Morgan fingerprint density at radius 1 is 1.00 bits per heavy atom. The van der Waals surface area contributed by atoms with Crippen LogP contribution >= 0.6 is 0 Å². The number of rotatable bonds is 4. The van der Waals surface area contributed by atoms with E-state index in [2.05, 4.69) is 0 Å². The predicted molar refractivity (Wildman–Crippen MR) is 101 cm³/mol. The minimum atomic E-state index is -0.980. The zero-order valence-corrected chi connectivity index (χ0v) is 15.7. The minimum absolute atomic E-state index is 0.193. The number of fused-ring (bicyclic) bond motifs is 3. The van der Waals surface area contributed by atoms with Gasteiger partial charge in [0.25, 0.3) is 0 Å². The number of hydrogen-bond donors (Lipinski definition) is 0. The lowest BCUT2D eigenvalue weighted by molar-refractivity contribution is -0.157. The maximum Gasteiger partial charge on any atom is 0.316 e. The van der Waals surface area contributed by atoms with Crippen molar-refractivity contribution in [1.82, 2.24) is 0 Å². The fourth-order valence-corrected chi connectivity index (χ4v) is 3.77. The van der Waals surface area contributed by atoms with Crippen molar-refractivity contribution in [2.75, 3.05) is 13.2 Å². The van der Waals surface area contributed by atoms with E-state index in [1.54, 1.807) is 13.8 Å². The number of esters is 2. The largest absolute Gasteiger partial charge is 0.465 e. The van der Waals surface area contributed by atoms with Gasteiger partial charge < -0.3 is 9.47 Å². The molecule has 0 amide bonds. The molecule has 1 fully saturated rings. The smallest absolute Gasteiger partial charge is 0.316 e. The lowest BCUT2D eigenvalue weighted by Crippen LogP contribution is -2.34. The summed E-state index contributed by atoms with van der Waals surface area (Å²) in [5.74, 6) is -3.50. The molecule has 5 heteroatoms. The van der Waals surface area contributed by atoms with Gasteiger partial charge in [0.15, 0.2) is 5.78 Å². The van der Waals surface area contributed by atoms with E-state index in [9.17, 15) is 14.4 Å². The Morgan fingerprint density at radius 2 is 1.67 bits per heavy atom. The molecule has 3 rings (SSSR count). The van der Waals surface area contributed by atoms with Gasteiger partial charge in [-0.3, -0.25) is 14.4 Å². The maximum atomic E-state index is 13.1. The number of carbonyl (C=O) groups is 3. The molecule has 0 aliphatic heterocycles. The van der Waals surface area contributed by atoms with Gasteiger partial charge >= 0.3 is 11.9 Å². The van der Waals surface area contributed by atoms with Gasteiger partial charge in [-0.2, -0.15) is 0 Å². The van der Waals surface area contributed by atoms with Crippen molar-refractivity contribution >= 4 is 17.7 Å². The molecule has 0 radical (unpaired) electrons. The SMILES string of the molecule is CCOC(=O)C1CC2=CC3=CC=CC=CC(=C2CC(C(=O)OCC)C1=O)C3. The minimum Gasteiger partial charge on any atom is -0.465 e. The number of ketones is 1. The van der Waals surface area contributed by atoms with Gasteiger partial charge in [0.1, 0.15) is 11.8 Å². The standard InChI is InChI=1S/C22H24O5/c1-3-26-21(24)18-12-16-11-14-8-6-5-7-9-15(10-14)17(16)13-19(20(18)23)22(25)27-4-2/h5-9,11,18-19H,3-4,10,12-13H2,1-2H3. The van der Waals surface area contributed by atoms with Crippen molar-refractivity contribution in [2.45, 2.75) is 33.1 Å². The lowest BCUT2D eigenvalue weighted by atomic mass is 9.83.